The Kier molecular flexibility index (Phi) is 6.64. The third-order valence-corrected chi connectivity index (χ3v) is 8.23. The lowest BCUT2D eigenvalue weighted by atomic mass is 9.90. The summed E-state index contributed by atoms with van der Waals surface area (Å²) in [5, 5.41) is 8.37. The fourth-order valence-electron chi connectivity index (χ4n) is 4.93. The first-order valence-corrected chi connectivity index (χ1v) is 13.2. The van der Waals surface area contributed by atoms with Crippen LogP contribution in [0, 0.1) is 0 Å². The number of hydrogen-bond acceptors (Lipinski definition) is 5. The van der Waals surface area contributed by atoms with Gasteiger partial charge in [0, 0.05) is 58.4 Å². The molecule has 2 aliphatic rings. The first kappa shape index (κ1) is 23.3. The van der Waals surface area contributed by atoms with Crippen molar-refractivity contribution in [1.82, 2.24) is 25.5 Å². The van der Waals surface area contributed by atoms with E-state index in [1.165, 1.54) is 16.2 Å². The average molecular weight is 500 g/mol. The van der Waals surface area contributed by atoms with Crippen LogP contribution in [-0.2, 0) is 13.0 Å². The molecule has 1 aliphatic carbocycles. The van der Waals surface area contributed by atoms with E-state index in [4.69, 9.17) is 11.6 Å². The van der Waals surface area contributed by atoms with E-state index in [9.17, 15) is 9.59 Å². The molecule has 180 valence electrons. The minimum absolute atomic E-state index is 0.114. The smallest absolute Gasteiger partial charge is 0.280 e. The molecule has 2 unspecified atom stereocenters. The lowest BCUT2D eigenvalue weighted by Crippen LogP contribution is -2.53. The third-order valence-electron chi connectivity index (χ3n) is 6.91. The highest BCUT2D eigenvalue weighted by molar-refractivity contribution is 7.13. The number of H-pyrrole nitrogens is 1. The van der Waals surface area contributed by atoms with Gasteiger partial charge in [-0.2, -0.15) is 0 Å². The second kappa shape index (κ2) is 9.68. The van der Waals surface area contributed by atoms with E-state index >= 15 is 0 Å². The highest BCUT2D eigenvalue weighted by atomic mass is 35.5. The quantitative estimate of drug-likeness (QED) is 0.481. The van der Waals surface area contributed by atoms with Crippen LogP contribution in [0.25, 0.3) is 10.9 Å². The first-order valence-electron chi connectivity index (χ1n) is 12.0. The second-order valence-corrected chi connectivity index (χ2v) is 11.1. The summed E-state index contributed by atoms with van der Waals surface area (Å²) in [5.41, 5.74) is 2.42. The van der Waals surface area contributed by atoms with Crippen molar-refractivity contribution in [2.75, 3.05) is 6.54 Å². The van der Waals surface area contributed by atoms with Gasteiger partial charge in [-0.3, -0.25) is 14.5 Å². The Morgan fingerprint density at radius 2 is 1.88 bits per heavy atom. The van der Waals surface area contributed by atoms with E-state index in [0.717, 1.165) is 61.8 Å². The molecule has 2 aromatic heterocycles. The van der Waals surface area contributed by atoms with Gasteiger partial charge < -0.3 is 15.6 Å². The standard InChI is InChI=1S/C25H30ClN5O2S/c1-14(2)31-10-9-20-22(13-31)34-25(30-20)24(33)29-19-6-4-3-5-18(19)28-23(32)21-12-15-11-16(26)7-8-17(15)27-21/h7-8,11-12,14,18-19,27H,3-6,9-10,13H2,1-2H3,(H,28,32)(H,29,33). The van der Waals surface area contributed by atoms with Crippen LogP contribution in [0.5, 0.6) is 0 Å². The molecule has 0 saturated heterocycles. The normalized spacial score (nSPS) is 20.9. The number of carbonyl (C=O) groups excluding carboxylic acids is 2. The number of halogens is 1. The summed E-state index contributed by atoms with van der Waals surface area (Å²) < 4.78 is 0. The zero-order valence-electron chi connectivity index (χ0n) is 19.5. The minimum Gasteiger partial charge on any atom is -0.351 e. The van der Waals surface area contributed by atoms with E-state index in [-0.39, 0.29) is 23.9 Å². The number of nitrogens with zero attached hydrogens (tertiary/aromatic N) is 2. The fourth-order valence-corrected chi connectivity index (χ4v) is 6.15. The van der Waals surface area contributed by atoms with Crippen molar-refractivity contribution in [3.8, 4) is 0 Å². The van der Waals surface area contributed by atoms with Crippen LogP contribution in [0.1, 0.15) is 70.4 Å². The van der Waals surface area contributed by atoms with Crippen LogP contribution < -0.4 is 10.6 Å². The van der Waals surface area contributed by atoms with Crippen LogP contribution in [0.2, 0.25) is 5.02 Å². The molecule has 1 aliphatic heterocycles. The Balaban J connectivity index is 1.26. The van der Waals surface area contributed by atoms with Crippen molar-refractivity contribution < 1.29 is 9.59 Å². The number of thiazole rings is 1. The highest BCUT2D eigenvalue weighted by Crippen LogP contribution is 2.27. The van der Waals surface area contributed by atoms with Gasteiger partial charge in [0.15, 0.2) is 5.01 Å². The van der Waals surface area contributed by atoms with Crippen molar-refractivity contribution in [3.63, 3.8) is 0 Å². The van der Waals surface area contributed by atoms with Gasteiger partial charge in [-0.25, -0.2) is 4.98 Å². The largest absolute Gasteiger partial charge is 0.351 e. The molecule has 7 nitrogen and oxygen atoms in total. The van der Waals surface area contributed by atoms with Crippen molar-refractivity contribution in [2.24, 2.45) is 0 Å². The first-order chi connectivity index (χ1) is 16.4. The summed E-state index contributed by atoms with van der Waals surface area (Å²) in [6, 6.07) is 7.56. The van der Waals surface area contributed by atoms with Gasteiger partial charge in [0.25, 0.3) is 11.8 Å². The molecule has 1 saturated carbocycles. The average Bonchev–Trinajstić information content (AvgIpc) is 3.43. The molecule has 0 radical (unpaired) electrons. The zero-order valence-corrected chi connectivity index (χ0v) is 21.1. The number of nitrogens with one attached hydrogen (secondary N) is 3. The molecule has 9 heteroatoms. The van der Waals surface area contributed by atoms with Gasteiger partial charge in [-0.05, 0) is 51.0 Å². The molecule has 2 atom stereocenters. The van der Waals surface area contributed by atoms with Gasteiger partial charge >= 0.3 is 0 Å². The number of carbonyl (C=O) groups is 2. The van der Waals surface area contributed by atoms with Gasteiger partial charge in [-0.15, -0.1) is 11.3 Å². The van der Waals surface area contributed by atoms with Crippen LogP contribution in [-0.4, -0.2) is 51.4 Å². The predicted octanol–water partition coefficient (Wildman–Crippen LogP) is 4.52. The predicted molar refractivity (Wildman–Crippen MR) is 136 cm³/mol. The molecular formula is C25H30ClN5O2S. The highest BCUT2D eigenvalue weighted by Gasteiger charge is 2.30. The van der Waals surface area contributed by atoms with Gasteiger partial charge in [0.05, 0.1) is 5.69 Å². The van der Waals surface area contributed by atoms with E-state index in [2.05, 4.69) is 39.3 Å². The number of fused-ring (bicyclic) bond motifs is 2. The number of benzene rings is 1. The molecule has 5 rings (SSSR count). The van der Waals surface area contributed by atoms with Crippen LogP contribution in [0.3, 0.4) is 0 Å². The lowest BCUT2D eigenvalue weighted by molar-refractivity contribution is 0.0860. The van der Waals surface area contributed by atoms with Crippen LogP contribution in [0.15, 0.2) is 24.3 Å². The van der Waals surface area contributed by atoms with Gasteiger partial charge in [-0.1, -0.05) is 24.4 Å². The molecule has 34 heavy (non-hydrogen) atoms. The minimum atomic E-state index is -0.169. The monoisotopic (exact) mass is 499 g/mol. The summed E-state index contributed by atoms with van der Waals surface area (Å²) in [6.45, 7) is 6.23. The van der Waals surface area contributed by atoms with Gasteiger partial charge in [0.1, 0.15) is 5.69 Å². The molecule has 2 amide bonds. The molecule has 1 fully saturated rings. The molecule has 0 bridgehead atoms. The van der Waals surface area contributed by atoms with Gasteiger partial charge in [0.2, 0.25) is 0 Å². The zero-order chi connectivity index (χ0) is 23.8. The second-order valence-electron chi connectivity index (χ2n) is 9.56. The molecule has 3 N–H and O–H groups in total. The van der Waals surface area contributed by atoms with Crippen molar-refractivity contribution in [1.29, 1.82) is 0 Å². The Morgan fingerprint density at radius 3 is 2.62 bits per heavy atom. The van der Waals surface area contributed by atoms with Crippen molar-refractivity contribution in [2.45, 2.75) is 70.6 Å². The molecule has 0 spiro atoms. The van der Waals surface area contributed by atoms with E-state index in [0.29, 0.717) is 21.8 Å². The summed E-state index contributed by atoms with van der Waals surface area (Å²) >= 11 is 7.57. The SMILES string of the molecule is CC(C)N1CCc2nc(C(=O)NC3CCCCC3NC(=O)c3cc4cc(Cl)ccc4[nH]3)sc2C1. The van der Waals surface area contributed by atoms with Crippen molar-refractivity contribution in [3.05, 3.63) is 50.6 Å². The summed E-state index contributed by atoms with van der Waals surface area (Å²) in [6.07, 6.45) is 4.61. The summed E-state index contributed by atoms with van der Waals surface area (Å²) in [7, 11) is 0. The lowest BCUT2D eigenvalue weighted by Gasteiger charge is -2.32. The summed E-state index contributed by atoms with van der Waals surface area (Å²) in [5.74, 6) is -0.307. The Morgan fingerprint density at radius 1 is 1.15 bits per heavy atom. The molecule has 3 aromatic rings. The maximum Gasteiger partial charge on any atom is 0.280 e. The number of amides is 2. The number of aromatic nitrogens is 2. The summed E-state index contributed by atoms with van der Waals surface area (Å²) in [4.78, 5) is 37.5. The Hall–Kier alpha value is -2.42. The molecule has 3 heterocycles. The van der Waals surface area contributed by atoms with Crippen molar-refractivity contribution >= 4 is 45.7 Å². The topological polar surface area (TPSA) is 90.1 Å². The molecular weight excluding hydrogens is 470 g/mol. The third kappa shape index (κ3) is 4.85. The molecule has 1 aromatic carbocycles. The number of rotatable bonds is 5. The van der Waals surface area contributed by atoms with Crippen LogP contribution >= 0.6 is 22.9 Å². The maximum atomic E-state index is 13.1. The fraction of sp³-hybridized carbons (Fsp3) is 0.480. The van der Waals surface area contributed by atoms with E-state index < -0.39 is 0 Å². The van der Waals surface area contributed by atoms with E-state index in [1.807, 2.05) is 18.2 Å². The van der Waals surface area contributed by atoms with E-state index in [1.54, 1.807) is 6.07 Å². The Labute approximate surface area is 208 Å². The number of aromatic amines is 1. The number of hydrogen-bond donors (Lipinski definition) is 3. The Bertz CT molecular complexity index is 1220. The van der Waals surface area contributed by atoms with Crippen LogP contribution in [0.4, 0.5) is 0 Å². The maximum absolute atomic E-state index is 13.1.